The first-order valence-corrected chi connectivity index (χ1v) is 9.11. The lowest BCUT2D eigenvalue weighted by molar-refractivity contribution is 0.411. The molecule has 1 aliphatic carbocycles. The van der Waals surface area contributed by atoms with E-state index in [4.69, 9.17) is 5.73 Å². The van der Waals surface area contributed by atoms with Crippen molar-refractivity contribution in [2.24, 2.45) is 5.73 Å². The van der Waals surface area contributed by atoms with Crippen LogP contribution in [0.5, 0.6) is 0 Å². The van der Waals surface area contributed by atoms with Crippen molar-refractivity contribution in [1.82, 2.24) is 4.72 Å². The summed E-state index contributed by atoms with van der Waals surface area (Å²) in [5.74, 6) is 0. The van der Waals surface area contributed by atoms with E-state index >= 15 is 0 Å². The van der Waals surface area contributed by atoms with Crippen LogP contribution in [-0.4, -0.2) is 27.0 Å². The summed E-state index contributed by atoms with van der Waals surface area (Å²) in [6.07, 6.45) is 5.01. The minimum absolute atomic E-state index is 0.312. The fourth-order valence-corrected chi connectivity index (χ4v) is 3.68. The molecule has 6 heteroatoms. The average molecular weight is 311 g/mol. The maximum absolute atomic E-state index is 12.0. The van der Waals surface area contributed by atoms with E-state index in [1.807, 2.05) is 19.1 Å². The second-order valence-electron chi connectivity index (χ2n) is 5.68. The molecule has 0 spiro atoms. The molecule has 1 aromatic rings. The molecule has 0 saturated heterocycles. The highest BCUT2D eigenvalue weighted by Crippen LogP contribution is 2.22. The van der Waals surface area contributed by atoms with Crippen molar-refractivity contribution in [3.8, 4) is 0 Å². The fraction of sp³-hybridized carbons (Fsp3) is 0.600. The van der Waals surface area contributed by atoms with Gasteiger partial charge in [0.25, 0.3) is 0 Å². The Labute approximate surface area is 127 Å². The van der Waals surface area contributed by atoms with E-state index in [1.54, 1.807) is 12.1 Å². The molecule has 21 heavy (non-hydrogen) atoms. The first kappa shape index (κ1) is 16.3. The molecule has 5 nitrogen and oxygen atoms in total. The van der Waals surface area contributed by atoms with Crippen LogP contribution >= 0.6 is 0 Å². The Morgan fingerprint density at radius 1 is 1.14 bits per heavy atom. The molecule has 0 aromatic heterocycles. The quantitative estimate of drug-likeness (QED) is 0.751. The highest BCUT2D eigenvalue weighted by atomic mass is 32.2. The van der Waals surface area contributed by atoms with E-state index in [-0.39, 0.29) is 0 Å². The van der Waals surface area contributed by atoms with Crippen LogP contribution in [0.2, 0.25) is 0 Å². The Morgan fingerprint density at radius 3 is 2.33 bits per heavy atom. The zero-order chi connectivity index (χ0) is 15.3. The second kappa shape index (κ2) is 7.24. The molecule has 1 fully saturated rings. The van der Waals surface area contributed by atoms with Gasteiger partial charge >= 0.3 is 0 Å². The normalized spacial score (nSPS) is 23.0. The Bertz CT molecular complexity index is 535. The molecule has 1 aliphatic rings. The van der Waals surface area contributed by atoms with Gasteiger partial charge in [0.2, 0.25) is 10.0 Å². The van der Waals surface area contributed by atoms with Gasteiger partial charge in [-0.3, -0.25) is 0 Å². The number of nitrogens with one attached hydrogen (secondary N) is 2. The van der Waals surface area contributed by atoms with E-state index in [2.05, 4.69) is 10.0 Å². The van der Waals surface area contributed by atoms with Crippen LogP contribution in [0.25, 0.3) is 0 Å². The number of anilines is 1. The summed E-state index contributed by atoms with van der Waals surface area (Å²) in [5, 5.41) is 3.45. The minimum atomic E-state index is -3.37. The predicted molar refractivity (Wildman–Crippen MR) is 85.8 cm³/mol. The van der Waals surface area contributed by atoms with Crippen LogP contribution in [0.4, 0.5) is 5.69 Å². The number of hydrogen-bond donors (Lipinski definition) is 3. The highest BCUT2D eigenvalue weighted by Gasteiger charge is 2.18. The topological polar surface area (TPSA) is 84.2 Å². The van der Waals surface area contributed by atoms with Crippen LogP contribution in [0.1, 0.15) is 39.0 Å². The van der Waals surface area contributed by atoms with E-state index in [9.17, 15) is 8.42 Å². The molecule has 4 N–H and O–H groups in total. The molecular weight excluding hydrogens is 286 g/mol. The molecule has 2 rings (SSSR count). The standard InChI is InChI=1S/C15H25N3O2S/c1-2-11-17-21(19,20)15-9-7-14(8-10-15)18-13-5-3-12(16)4-6-13/h7-10,12-13,17-18H,2-6,11,16H2,1H3. The summed E-state index contributed by atoms with van der Waals surface area (Å²) < 4.78 is 26.5. The maximum atomic E-state index is 12.0. The first-order valence-electron chi connectivity index (χ1n) is 7.63. The molecule has 0 unspecified atom stereocenters. The zero-order valence-corrected chi connectivity index (χ0v) is 13.3. The molecular formula is C15H25N3O2S. The Morgan fingerprint density at radius 2 is 1.76 bits per heavy atom. The smallest absolute Gasteiger partial charge is 0.240 e. The summed E-state index contributed by atoms with van der Waals surface area (Å²) >= 11 is 0. The van der Waals surface area contributed by atoms with Crippen LogP contribution in [0.3, 0.4) is 0 Å². The van der Waals surface area contributed by atoms with Crippen molar-refractivity contribution >= 4 is 15.7 Å². The number of hydrogen-bond acceptors (Lipinski definition) is 4. The van der Waals surface area contributed by atoms with Crippen LogP contribution in [-0.2, 0) is 10.0 Å². The number of rotatable bonds is 6. The Kier molecular flexibility index (Phi) is 5.61. The Hall–Kier alpha value is -1.11. The summed E-state index contributed by atoms with van der Waals surface area (Å²) in [6, 6.07) is 7.72. The monoisotopic (exact) mass is 311 g/mol. The third kappa shape index (κ3) is 4.69. The minimum Gasteiger partial charge on any atom is -0.382 e. The summed E-state index contributed by atoms with van der Waals surface area (Å²) in [6.45, 7) is 2.40. The van der Waals surface area contributed by atoms with E-state index in [0.29, 0.717) is 23.5 Å². The van der Waals surface area contributed by atoms with Gasteiger partial charge in [0.05, 0.1) is 4.90 Å². The van der Waals surface area contributed by atoms with E-state index < -0.39 is 10.0 Å². The van der Waals surface area contributed by atoms with Crippen molar-refractivity contribution in [2.75, 3.05) is 11.9 Å². The molecule has 0 bridgehead atoms. The number of sulfonamides is 1. The van der Waals surface area contributed by atoms with Gasteiger partial charge in [-0.1, -0.05) is 6.92 Å². The molecule has 118 valence electrons. The molecule has 0 radical (unpaired) electrons. The molecule has 1 aromatic carbocycles. The van der Waals surface area contributed by atoms with E-state index in [0.717, 1.165) is 37.8 Å². The van der Waals surface area contributed by atoms with Crippen molar-refractivity contribution in [1.29, 1.82) is 0 Å². The number of nitrogens with two attached hydrogens (primary N) is 1. The molecule has 0 aliphatic heterocycles. The average Bonchev–Trinajstić information content (AvgIpc) is 2.48. The lowest BCUT2D eigenvalue weighted by Crippen LogP contribution is -2.32. The largest absolute Gasteiger partial charge is 0.382 e. The lowest BCUT2D eigenvalue weighted by atomic mass is 9.92. The van der Waals surface area contributed by atoms with E-state index in [1.165, 1.54) is 0 Å². The fourth-order valence-electron chi connectivity index (χ4n) is 2.55. The molecule has 1 saturated carbocycles. The third-order valence-electron chi connectivity index (χ3n) is 3.85. The maximum Gasteiger partial charge on any atom is 0.240 e. The highest BCUT2D eigenvalue weighted by molar-refractivity contribution is 7.89. The van der Waals surface area contributed by atoms with Crippen LogP contribution in [0.15, 0.2) is 29.2 Å². The lowest BCUT2D eigenvalue weighted by Gasteiger charge is -2.27. The van der Waals surface area contributed by atoms with Crippen molar-refractivity contribution in [3.05, 3.63) is 24.3 Å². The van der Waals surface area contributed by atoms with Gasteiger partial charge in [-0.2, -0.15) is 0 Å². The van der Waals surface area contributed by atoms with Crippen LogP contribution in [0, 0.1) is 0 Å². The second-order valence-corrected chi connectivity index (χ2v) is 7.45. The van der Waals surface area contributed by atoms with Gasteiger partial charge in [-0.05, 0) is 56.4 Å². The molecule has 0 amide bonds. The third-order valence-corrected chi connectivity index (χ3v) is 5.33. The van der Waals surface area contributed by atoms with Gasteiger partial charge < -0.3 is 11.1 Å². The van der Waals surface area contributed by atoms with Gasteiger partial charge in [-0.15, -0.1) is 0 Å². The summed E-state index contributed by atoms with van der Waals surface area (Å²) in [5.41, 5.74) is 6.86. The van der Waals surface area contributed by atoms with Crippen molar-refractivity contribution in [3.63, 3.8) is 0 Å². The Balaban J connectivity index is 1.96. The van der Waals surface area contributed by atoms with Crippen molar-refractivity contribution in [2.45, 2.75) is 56.0 Å². The van der Waals surface area contributed by atoms with Gasteiger partial charge in [0.15, 0.2) is 0 Å². The molecule has 0 atom stereocenters. The molecule has 0 heterocycles. The van der Waals surface area contributed by atoms with Crippen LogP contribution < -0.4 is 15.8 Å². The SMILES string of the molecule is CCCNS(=O)(=O)c1ccc(NC2CCC(N)CC2)cc1. The summed E-state index contributed by atoms with van der Waals surface area (Å²) in [4.78, 5) is 0.312. The van der Waals surface area contributed by atoms with Gasteiger partial charge in [0, 0.05) is 24.3 Å². The van der Waals surface area contributed by atoms with Gasteiger partial charge in [0.1, 0.15) is 0 Å². The zero-order valence-electron chi connectivity index (χ0n) is 12.5. The van der Waals surface area contributed by atoms with Gasteiger partial charge in [-0.25, -0.2) is 13.1 Å². The number of benzene rings is 1. The van der Waals surface area contributed by atoms with Crippen molar-refractivity contribution < 1.29 is 8.42 Å². The summed E-state index contributed by atoms with van der Waals surface area (Å²) in [7, 11) is -3.37. The predicted octanol–water partition coefficient (Wildman–Crippen LogP) is 2.06. The first-order chi connectivity index (χ1) is 10.0.